The van der Waals surface area contributed by atoms with Crippen LogP contribution in [0.5, 0.6) is 0 Å². The lowest BCUT2D eigenvalue weighted by Gasteiger charge is -2.04. The topological polar surface area (TPSA) is 29.1 Å². The molecule has 0 saturated heterocycles. The summed E-state index contributed by atoms with van der Waals surface area (Å²) in [6.07, 6.45) is 0. The summed E-state index contributed by atoms with van der Waals surface area (Å²) in [6, 6.07) is 4.96. The van der Waals surface area contributed by atoms with Gasteiger partial charge in [0, 0.05) is 16.8 Å². The second-order valence-corrected chi connectivity index (χ2v) is 5.08. The van der Waals surface area contributed by atoms with E-state index >= 15 is 0 Å². The molecule has 0 heterocycles. The van der Waals surface area contributed by atoms with Gasteiger partial charge in [-0.3, -0.25) is 4.79 Å². The molecule has 0 radical (unpaired) electrons. The number of carbonyl (C=O) groups is 1. The molecule has 0 fully saturated rings. The van der Waals surface area contributed by atoms with Crippen LogP contribution >= 0.6 is 27.7 Å². The van der Waals surface area contributed by atoms with Gasteiger partial charge in [-0.2, -0.15) is 0 Å². The fourth-order valence-corrected chi connectivity index (χ4v) is 2.32. The molecular formula is C11H13BrFNOS. The standard InChI is InChI=1S/C11H13BrFNOS/c1-2-14-11(15)7-16-6-8-3-4-9(12)5-10(8)13/h3-5H,2,6-7H2,1H3,(H,14,15). The molecule has 5 heteroatoms. The number of thioether (sulfide) groups is 1. The lowest BCUT2D eigenvalue weighted by molar-refractivity contribution is -0.118. The lowest BCUT2D eigenvalue weighted by Crippen LogP contribution is -2.24. The van der Waals surface area contributed by atoms with E-state index in [1.54, 1.807) is 12.1 Å². The second-order valence-electron chi connectivity index (χ2n) is 3.18. The number of hydrogen-bond acceptors (Lipinski definition) is 2. The summed E-state index contributed by atoms with van der Waals surface area (Å²) >= 11 is 4.60. The Kier molecular flexibility index (Phi) is 5.84. The van der Waals surface area contributed by atoms with Crippen molar-refractivity contribution in [2.24, 2.45) is 0 Å². The van der Waals surface area contributed by atoms with Crippen LogP contribution in [0.1, 0.15) is 12.5 Å². The number of amides is 1. The monoisotopic (exact) mass is 305 g/mol. The van der Waals surface area contributed by atoms with Gasteiger partial charge in [-0.15, -0.1) is 11.8 Å². The van der Waals surface area contributed by atoms with E-state index in [2.05, 4.69) is 21.2 Å². The minimum atomic E-state index is -0.238. The molecule has 1 N–H and O–H groups in total. The van der Waals surface area contributed by atoms with Crippen molar-refractivity contribution < 1.29 is 9.18 Å². The highest BCUT2D eigenvalue weighted by Crippen LogP contribution is 2.19. The molecule has 0 saturated carbocycles. The molecule has 88 valence electrons. The van der Waals surface area contributed by atoms with Crippen LogP contribution < -0.4 is 5.32 Å². The molecule has 1 aromatic rings. The minimum absolute atomic E-state index is 0.00924. The van der Waals surface area contributed by atoms with E-state index in [0.29, 0.717) is 23.6 Å². The average molecular weight is 306 g/mol. The van der Waals surface area contributed by atoms with Crippen molar-refractivity contribution in [3.05, 3.63) is 34.1 Å². The van der Waals surface area contributed by atoms with Gasteiger partial charge in [0.15, 0.2) is 0 Å². The van der Waals surface area contributed by atoms with Crippen LogP contribution in [0.4, 0.5) is 4.39 Å². The lowest BCUT2D eigenvalue weighted by atomic mass is 10.2. The van der Waals surface area contributed by atoms with E-state index in [-0.39, 0.29) is 11.7 Å². The third-order valence-electron chi connectivity index (χ3n) is 1.88. The SMILES string of the molecule is CCNC(=O)CSCc1ccc(Br)cc1F. The maximum Gasteiger partial charge on any atom is 0.229 e. The number of carbonyl (C=O) groups excluding carboxylic acids is 1. The molecule has 1 amide bonds. The van der Waals surface area contributed by atoms with Crippen LogP contribution in [0, 0.1) is 5.82 Å². The largest absolute Gasteiger partial charge is 0.356 e. The predicted octanol–water partition coefficient (Wildman–Crippen LogP) is 2.96. The third-order valence-corrected chi connectivity index (χ3v) is 3.35. The Morgan fingerprint density at radius 3 is 2.94 bits per heavy atom. The summed E-state index contributed by atoms with van der Waals surface area (Å²) in [5.74, 6) is 0.627. The Hall–Kier alpha value is -0.550. The highest BCUT2D eigenvalue weighted by Gasteiger charge is 2.04. The van der Waals surface area contributed by atoms with Gasteiger partial charge >= 0.3 is 0 Å². The number of benzene rings is 1. The molecule has 0 aliphatic carbocycles. The summed E-state index contributed by atoms with van der Waals surface area (Å²) in [6.45, 7) is 2.50. The molecule has 2 nitrogen and oxygen atoms in total. The first-order valence-electron chi connectivity index (χ1n) is 4.92. The van der Waals surface area contributed by atoms with Crippen molar-refractivity contribution >= 4 is 33.6 Å². The molecule has 0 aliphatic heterocycles. The van der Waals surface area contributed by atoms with Crippen molar-refractivity contribution in [1.29, 1.82) is 0 Å². The summed E-state index contributed by atoms with van der Waals surface area (Å²) in [5, 5.41) is 2.69. The zero-order valence-electron chi connectivity index (χ0n) is 8.93. The first-order valence-corrected chi connectivity index (χ1v) is 6.86. The zero-order chi connectivity index (χ0) is 12.0. The Labute approximate surface area is 107 Å². The van der Waals surface area contributed by atoms with E-state index in [4.69, 9.17) is 0 Å². The van der Waals surface area contributed by atoms with Gasteiger partial charge in [-0.25, -0.2) is 4.39 Å². The molecule has 0 atom stereocenters. The summed E-state index contributed by atoms with van der Waals surface area (Å²) in [5.41, 5.74) is 0.623. The van der Waals surface area contributed by atoms with Crippen molar-refractivity contribution in [3.8, 4) is 0 Å². The summed E-state index contributed by atoms with van der Waals surface area (Å²) in [7, 11) is 0. The predicted molar refractivity (Wildman–Crippen MR) is 68.9 cm³/mol. The van der Waals surface area contributed by atoms with Gasteiger partial charge in [-0.1, -0.05) is 22.0 Å². The first-order chi connectivity index (χ1) is 7.63. The normalized spacial score (nSPS) is 10.2. The highest BCUT2D eigenvalue weighted by molar-refractivity contribution is 9.10. The molecule has 16 heavy (non-hydrogen) atoms. The van der Waals surface area contributed by atoms with Crippen molar-refractivity contribution in [1.82, 2.24) is 5.32 Å². The van der Waals surface area contributed by atoms with E-state index in [9.17, 15) is 9.18 Å². The van der Waals surface area contributed by atoms with Gasteiger partial charge in [0.05, 0.1) is 5.75 Å². The zero-order valence-corrected chi connectivity index (χ0v) is 11.3. The van der Waals surface area contributed by atoms with Crippen LogP contribution in [0.25, 0.3) is 0 Å². The number of hydrogen-bond donors (Lipinski definition) is 1. The summed E-state index contributed by atoms with van der Waals surface area (Å²) < 4.78 is 14.1. The van der Waals surface area contributed by atoms with E-state index in [0.717, 1.165) is 4.47 Å². The fraction of sp³-hybridized carbons (Fsp3) is 0.364. The molecule has 0 aromatic heterocycles. The Morgan fingerprint density at radius 1 is 1.56 bits per heavy atom. The number of nitrogens with one attached hydrogen (secondary N) is 1. The van der Waals surface area contributed by atoms with Crippen molar-refractivity contribution in [2.75, 3.05) is 12.3 Å². The Balaban J connectivity index is 2.40. The quantitative estimate of drug-likeness (QED) is 0.906. The van der Waals surface area contributed by atoms with Gasteiger partial charge in [-0.05, 0) is 24.6 Å². The minimum Gasteiger partial charge on any atom is -0.356 e. The Bertz CT molecular complexity index is 373. The molecule has 1 aromatic carbocycles. The van der Waals surface area contributed by atoms with Crippen LogP contribution in [0.2, 0.25) is 0 Å². The maximum absolute atomic E-state index is 13.4. The van der Waals surface area contributed by atoms with E-state index in [1.807, 2.05) is 6.92 Å². The van der Waals surface area contributed by atoms with Gasteiger partial charge < -0.3 is 5.32 Å². The van der Waals surface area contributed by atoms with E-state index in [1.165, 1.54) is 17.8 Å². The molecular weight excluding hydrogens is 293 g/mol. The molecule has 0 unspecified atom stereocenters. The average Bonchev–Trinajstić information content (AvgIpc) is 2.22. The van der Waals surface area contributed by atoms with Crippen LogP contribution in [-0.2, 0) is 10.5 Å². The first kappa shape index (κ1) is 13.5. The summed E-state index contributed by atoms with van der Waals surface area (Å²) in [4.78, 5) is 11.1. The smallest absolute Gasteiger partial charge is 0.229 e. The molecule has 0 spiro atoms. The third kappa shape index (κ3) is 4.53. The van der Waals surface area contributed by atoms with E-state index < -0.39 is 0 Å². The van der Waals surface area contributed by atoms with Gasteiger partial charge in [0.1, 0.15) is 5.82 Å². The van der Waals surface area contributed by atoms with Crippen LogP contribution in [0.15, 0.2) is 22.7 Å². The van der Waals surface area contributed by atoms with Crippen LogP contribution in [0.3, 0.4) is 0 Å². The van der Waals surface area contributed by atoms with Crippen molar-refractivity contribution in [3.63, 3.8) is 0 Å². The number of rotatable bonds is 5. The molecule has 0 aliphatic rings. The van der Waals surface area contributed by atoms with Crippen LogP contribution in [-0.4, -0.2) is 18.2 Å². The van der Waals surface area contributed by atoms with Crippen molar-refractivity contribution in [2.45, 2.75) is 12.7 Å². The molecule has 1 rings (SSSR count). The Morgan fingerprint density at radius 2 is 2.31 bits per heavy atom. The maximum atomic E-state index is 13.4. The van der Waals surface area contributed by atoms with Gasteiger partial charge in [0.2, 0.25) is 5.91 Å². The van der Waals surface area contributed by atoms with Gasteiger partial charge in [0.25, 0.3) is 0 Å². The fourth-order valence-electron chi connectivity index (χ4n) is 1.14. The molecule has 0 bridgehead atoms. The highest BCUT2D eigenvalue weighted by atomic mass is 79.9. The number of halogens is 2. The second kappa shape index (κ2) is 6.91.